The zero-order valence-corrected chi connectivity index (χ0v) is 17.0. The lowest BCUT2D eigenvalue weighted by Crippen LogP contribution is -1.93. The zero-order chi connectivity index (χ0) is 20.6. The summed E-state index contributed by atoms with van der Waals surface area (Å²) < 4.78 is 0. The molecule has 146 valence electrons. The maximum Gasteiger partial charge on any atom is 0.0470 e. The predicted molar refractivity (Wildman–Crippen MR) is 134 cm³/mol. The number of hydrogen-bond acceptors (Lipinski definition) is 1. The fraction of sp³-hybridized carbons (Fsp3) is 0. The molecule has 0 aliphatic heterocycles. The molecule has 0 spiro atoms. The lowest BCUT2D eigenvalue weighted by atomic mass is 9.97. The van der Waals surface area contributed by atoms with Gasteiger partial charge in [-0.2, -0.15) is 0 Å². The first kappa shape index (κ1) is 17.7. The van der Waals surface area contributed by atoms with Crippen LogP contribution in [0.5, 0.6) is 0 Å². The molecule has 6 aromatic carbocycles. The van der Waals surface area contributed by atoms with Gasteiger partial charge in [0, 0.05) is 16.8 Å². The Morgan fingerprint density at radius 2 is 1.06 bits per heavy atom. The lowest BCUT2D eigenvalue weighted by Gasteiger charge is -2.14. The SMILES string of the molecule is c1cc(Nc2cc3ccccc3c3ccccc23)cc(-c2cccc3ccccc23)c1. The standard InChI is InChI=1S/C30H21N/c1-3-14-25-21(9-1)11-8-18-26(25)22-12-7-13-24(19-22)31-30-20-23-10-2-4-15-27(23)28-16-5-6-17-29(28)30/h1-20,31H. The van der Waals surface area contributed by atoms with Gasteiger partial charge in [-0.25, -0.2) is 0 Å². The van der Waals surface area contributed by atoms with Crippen molar-refractivity contribution in [3.05, 3.63) is 121 Å². The Kier molecular flexibility index (Phi) is 4.18. The molecule has 6 aromatic rings. The van der Waals surface area contributed by atoms with Gasteiger partial charge >= 0.3 is 0 Å². The quantitative estimate of drug-likeness (QED) is 0.296. The van der Waals surface area contributed by atoms with E-state index in [1.165, 1.54) is 43.4 Å². The van der Waals surface area contributed by atoms with Crippen molar-refractivity contribution >= 4 is 43.7 Å². The Labute approximate surface area is 181 Å². The van der Waals surface area contributed by atoms with E-state index in [1.54, 1.807) is 0 Å². The summed E-state index contributed by atoms with van der Waals surface area (Å²) in [6.07, 6.45) is 0. The van der Waals surface area contributed by atoms with Crippen molar-refractivity contribution < 1.29 is 0 Å². The monoisotopic (exact) mass is 395 g/mol. The van der Waals surface area contributed by atoms with Gasteiger partial charge in [-0.05, 0) is 56.3 Å². The van der Waals surface area contributed by atoms with E-state index in [9.17, 15) is 0 Å². The second kappa shape index (κ2) is 7.30. The van der Waals surface area contributed by atoms with Gasteiger partial charge in [-0.15, -0.1) is 0 Å². The lowest BCUT2D eigenvalue weighted by molar-refractivity contribution is 1.57. The average molecular weight is 396 g/mol. The van der Waals surface area contributed by atoms with Crippen molar-refractivity contribution in [3.8, 4) is 11.1 Å². The van der Waals surface area contributed by atoms with Gasteiger partial charge in [0.15, 0.2) is 0 Å². The van der Waals surface area contributed by atoms with E-state index in [0.29, 0.717) is 0 Å². The molecule has 0 aromatic heterocycles. The van der Waals surface area contributed by atoms with Gasteiger partial charge in [0.05, 0.1) is 0 Å². The van der Waals surface area contributed by atoms with Crippen LogP contribution in [0.25, 0.3) is 43.4 Å². The summed E-state index contributed by atoms with van der Waals surface area (Å²) in [5, 5.41) is 11.3. The molecule has 6 rings (SSSR count). The summed E-state index contributed by atoms with van der Waals surface area (Å²) in [6, 6.07) is 43.2. The van der Waals surface area contributed by atoms with Crippen LogP contribution in [0.15, 0.2) is 121 Å². The van der Waals surface area contributed by atoms with E-state index in [-0.39, 0.29) is 0 Å². The predicted octanol–water partition coefficient (Wildman–Crippen LogP) is 8.56. The van der Waals surface area contributed by atoms with Crippen LogP contribution in [0.4, 0.5) is 11.4 Å². The van der Waals surface area contributed by atoms with Crippen LogP contribution in [-0.4, -0.2) is 0 Å². The maximum atomic E-state index is 3.70. The molecule has 0 heterocycles. The Hall–Kier alpha value is -4.10. The highest BCUT2D eigenvalue weighted by Gasteiger charge is 2.08. The molecule has 0 aliphatic carbocycles. The molecule has 0 bridgehead atoms. The summed E-state index contributed by atoms with van der Waals surface area (Å²) in [4.78, 5) is 0. The fourth-order valence-electron chi connectivity index (χ4n) is 4.55. The summed E-state index contributed by atoms with van der Waals surface area (Å²) in [7, 11) is 0. The van der Waals surface area contributed by atoms with Crippen LogP contribution in [-0.2, 0) is 0 Å². The topological polar surface area (TPSA) is 12.0 Å². The molecular formula is C30H21N. The van der Waals surface area contributed by atoms with E-state index in [1.807, 2.05) is 0 Å². The highest BCUT2D eigenvalue weighted by Crippen LogP contribution is 2.35. The molecule has 0 fully saturated rings. The Morgan fingerprint density at radius 3 is 1.94 bits per heavy atom. The first-order valence-corrected chi connectivity index (χ1v) is 10.6. The first-order valence-electron chi connectivity index (χ1n) is 10.6. The highest BCUT2D eigenvalue weighted by atomic mass is 14.9. The smallest absolute Gasteiger partial charge is 0.0470 e. The van der Waals surface area contributed by atoms with Crippen LogP contribution in [0.2, 0.25) is 0 Å². The van der Waals surface area contributed by atoms with Crippen LogP contribution >= 0.6 is 0 Å². The third kappa shape index (κ3) is 3.12. The molecule has 0 atom stereocenters. The minimum absolute atomic E-state index is 1.09. The van der Waals surface area contributed by atoms with Gasteiger partial charge in [0.2, 0.25) is 0 Å². The van der Waals surface area contributed by atoms with Gasteiger partial charge in [-0.3, -0.25) is 0 Å². The number of benzene rings is 6. The third-order valence-electron chi connectivity index (χ3n) is 6.01. The highest BCUT2D eigenvalue weighted by molar-refractivity contribution is 6.13. The molecule has 1 nitrogen and oxygen atoms in total. The number of rotatable bonds is 3. The van der Waals surface area contributed by atoms with Crippen molar-refractivity contribution in [2.75, 3.05) is 5.32 Å². The molecule has 31 heavy (non-hydrogen) atoms. The van der Waals surface area contributed by atoms with E-state index in [2.05, 4.69) is 127 Å². The van der Waals surface area contributed by atoms with Crippen LogP contribution < -0.4 is 5.32 Å². The zero-order valence-electron chi connectivity index (χ0n) is 17.0. The van der Waals surface area contributed by atoms with E-state index < -0.39 is 0 Å². The molecule has 0 saturated carbocycles. The Balaban J connectivity index is 1.48. The molecule has 0 saturated heterocycles. The molecule has 0 radical (unpaired) electrons. The summed E-state index contributed by atoms with van der Waals surface area (Å²) >= 11 is 0. The molecular weight excluding hydrogens is 374 g/mol. The number of nitrogens with one attached hydrogen (secondary N) is 1. The van der Waals surface area contributed by atoms with E-state index in [0.717, 1.165) is 11.4 Å². The van der Waals surface area contributed by atoms with Crippen molar-refractivity contribution in [1.82, 2.24) is 0 Å². The summed E-state index contributed by atoms with van der Waals surface area (Å²) in [6.45, 7) is 0. The third-order valence-corrected chi connectivity index (χ3v) is 6.01. The second-order valence-corrected chi connectivity index (χ2v) is 7.92. The van der Waals surface area contributed by atoms with Gasteiger partial charge < -0.3 is 5.32 Å². The van der Waals surface area contributed by atoms with Gasteiger partial charge in [-0.1, -0.05) is 103 Å². The van der Waals surface area contributed by atoms with Gasteiger partial charge in [0.25, 0.3) is 0 Å². The van der Waals surface area contributed by atoms with Crippen LogP contribution in [0, 0.1) is 0 Å². The minimum Gasteiger partial charge on any atom is -0.355 e. The average Bonchev–Trinajstić information content (AvgIpc) is 2.84. The minimum atomic E-state index is 1.09. The second-order valence-electron chi connectivity index (χ2n) is 7.92. The Bertz CT molecular complexity index is 1560. The molecule has 0 aliphatic rings. The van der Waals surface area contributed by atoms with Crippen LogP contribution in [0.1, 0.15) is 0 Å². The molecule has 1 N–H and O–H groups in total. The number of anilines is 2. The van der Waals surface area contributed by atoms with Gasteiger partial charge in [0.1, 0.15) is 0 Å². The number of fused-ring (bicyclic) bond motifs is 4. The van der Waals surface area contributed by atoms with Crippen molar-refractivity contribution in [1.29, 1.82) is 0 Å². The summed E-state index contributed by atoms with van der Waals surface area (Å²) in [5.74, 6) is 0. The van der Waals surface area contributed by atoms with E-state index >= 15 is 0 Å². The number of hydrogen-bond donors (Lipinski definition) is 1. The maximum absolute atomic E-state index is 3.70. The van der Waals surface area contributed by atoms with E-state index in [4.69, 9.17) is 0 Å². The fourth-order valence-corrected chi connectivity index (χ4v) is 4.55. The van der Waals surface area contributed by atoms with Crippen molar-refractivity contribution in [3.63, 3.8) is 0 Å². The van der Waals surface area contributed by atoms with Crippen molar-refractivity contribution in [2.45, 2.75) is 0 Å². The molecule has 0 amide bonds. The normalized spacial score (nSPS) is 11.2. The van der Waals surface area contributed by atoms with Crippen molar-refractivity contribution in [2.24, 2.45) is 0 Å². The summed E-state index contributed by atoms with van der Waals surface area (Å²) in [5.41, 5.74) is 4.69. The molecule has 1 heteroatoms. The molecule has 0 unspecified atom stereocenters. The first-order chi connectivity index (χ1) is 15.4. The Morgan fingerprint density at radius 1 is 0.419 bits per heavy atom. The van der Waals surface area contributed by atoms with Crippen LogP contribution in [0.3, 0.4) is 0 Å². The largest absolute Gasteiger partial charge is 0.355 e.